The minimum atomic E-state index is -0.783. The summed E-state index contributed by atoms with van der Waals surface area (Å²) in [5, 5.41) is 0. The third kappa shape index (κ3) is 1.46. The van der Waals surface area contributed by atoms with Crippen LogP contribution in [0.2, 0.25) is 0 Å². The fourth-order valence-electron chi connectivity index (χ4n) is 1.83. The van der Waals surface area contributed by atoms with Crippen molar-refractivity contribution in [2.75, 3.05) is 0 Å². The Morgan fingerprint density at radius 3 is 2.07 bits per heavy atom. The van der Waals surface area contributed by atoms with Crippen LogP contribution in [-0.4, -0.2) is 0 Å². The number of hydrogen-bond donors (Lipinski definition) is 1. The van der Waals surface area contributed by atoms with E-state index in [1.807, 2.05) is 0 Å². The summed E-state index contributed by atoms with van der Waals surface area (Å²) in [5.41, 5.74) is 5.13. The van der Waals surface area contributed by atoms with Gasteiger partial charge in [-0.05, 0) is 31.4 Å². The van der Waals surface area contributed by atoms with Crippen LogP contribution in [0.5, 0.6) is 0 Å². The highest BCUT2D eigenvalue weighted by Gasteiger charge is 2.39. The molecule has 2 N–H and O–H groups in total. The van der Waals surface area contributed by atoms with E-state index in [9.17, 15) is 8.78 Å². The minimum Gasteiger partial charge on any atom is -0.321 e. The Morgan fingerprint density at radius 2 is 1.71 bits per heavy atom. The lowest BCUT2D eigenvalue weighted by atomic mass is 9.72. The quantitative estimate of drug-likeness (QED) is 0.827. The van der Waals surface area contributed by atoms with Gasteiger partial charge in [-0.15, -0.1) is 0 Å². The van der Waals surface area contributed by atoms with Gasteiger partial charge in [-0.25, -0.2) is 8.78 Å². The van der Waals surface area contributed by atoms with Gasteiger partial charge in [0.15, 0.2) is 0 Å². The second-order valence-corrected chi connectivity index (χ2v) is 4.67. The van der Waals surface area contributed by atoms with Crippen LogP contribution in [0.1, 0.15) is 24.8 Å². The number of rotatable bonds is 1. The molecule has 1 nitrogen and oxygen atoms in total. The van der Waals surface area contributed by atoms with Crippen LogP contribution in [0.15, 0.2) is 16.6 Å². The summed E-state index contributed by atoms with van der Waals surface area (Å²) in [6.45, 7) is 0. The lowest BCUT2D eigenvalue weighted by Crippen LogP contribution is -2.44. The van der Waals surface area contributed by atoms with Gasteiger partial charge in [0, 0.05) is 15.6 Å². The van der Waals surface area contributed by atoms with Gasteiger partial charge in [-0.3, -0.25) is 0 Å². The first kappa shape index (κ1) is 10.1. The summed E-state index contributed by atoms with van der Waals surface area (Å²) < 4.78 is 27.4. The summed E-state index contributed by atoms with van der Waals surface area (Å²) in [4.78, 5) is 0. The minimum absolute atomic E-state index is 0.0342. The predicted molar refractivity (Wildman–Crippen MR) is 53.8 cm³/mol. The lowest BCUT2D eigenvalue weighted by Gasteiger charge is -2.38. The zero-order chi connectivity index (χ0) is 10.3. The molecule has 1 aliphatic carbocycles. The topological polar surface area (TPSA) is 26.0 Å². The molecule has 2 rings (SSSR count). The van der Waals surface area contributed by atoms with Crippen molar-refractivity contribution in [2.24, 2.45) is 5.73 Å². The first-order valence-electron chi connectivity index (χ1n) is 4.47. The molecule has 76 valence electrons. The number of hydrogen-bond acceptors (Lipinski definition) is 1. The van der Waals surface area contributed by atoms with Crippen molar-refractivity contribution >= 4 is 15.9 Å². The third-order valence-corrected chi connectivity index (χ3v) is 3.21. The molecule has 1 aromatic carbocycles. The molecule has 0 amide bonds. The molecule has 0 atom stereocenters. The molecule has 1 saturated carbocycles. The van der Waals surface area contributed by atoms with Gasteiger partial charge in [-0.1, -0.05) is 15.9 Å². The molecule has 0 bridgehead atoms. The summed E-state index contributed by atoms with van der Waals surface area (Å²) in [5.74, 6) is -1.11. The van der Waals surface area contributed by atoms with E-state index in [4.69, 9.17) is 5.73 Å². The molecule has 0 aromatic heterocycles. The highest BCUT2D eigenvalue weighted by atomic mass is 79.9. The summed E-state index contributed by atoms with van der Waals surface area (Å²) in [7, 11) is 0. The van der Waals surface area contributed by atoms with E-state index in [1.165, 1.54) is 12.1 Å². The SMILES string of the molecule is NC1(c2c(F)cc(Br)cc2F)CCC1. The maximum absolute atomic E-state index is 13.5. The van der Waals surface area contributed by atoms with Crippen LogP contribution >= 0.6 is 15.9 Å². The molecule has 4 heteroatoms. The molecule has 0 aliphatic heterocycles. The highest BCUT2D eigenvalue weighted by molar-refractivity contribution is 9.10. The predicted octanol–water partition coefficient (Wildman–Crippen LogP) is 3.07. The average Bonchev–Trinajstić information content (AvgIpc) is 1.99. The van der Waals surface area contributed by atoms with Crippen molar-refractivity contribution in [3.05, 3.63) is 33.8 Å². The fraction of sp³-hybridized carbons (Fsp3) is 0.400. The molecule has 1 aromatic rings. The van der Waals surface area contributed by atoms with Crippen LogP contribution in [0.4, 0.5) is 8.78 Å². The van der Waals surface area contributed by atoms with Crippen molar-refractivity contribution in [3.63, 3.8) is 0 Å². The van der Waals surface area contributed by atoms with Crippen LogP contribution < -0.4 is 5.73 Å². The maximum atomic E-state index is 13.5. The summed E-state index contributed by atoms with van der Waals surface area (Å²) in [6.07, 6.45) is 2.25. The first-order chi connectivity index (χ1) is 6.53. The zero-order valence-corrected chi connectivity index (χ0v) is 9.07. The van der Waals surface area contributed by atoms with E-state index in [1.54, 1.807) is 0 Å². The number of nitrogens with two attached hydrogens (primary N) is 1. The molecule has 1 aliphatic rings. The zero-order valence-electron chi connectivity index (χ0n) is 7.49. The molecule has 0 spiro atoms. The second-order valence-electron chi connectivity index (χ2n) is 3.75. The van der Waals surface area contributed by atoms with Crippen molar-refractivity contribution in [1.82, 2.24) is 0 Å². The van der Waals surface area contributed by atoms with Gasteiger partial charge in [0.25, 0.3) is 0 Å². The Balaban J connectivity index is 2.52. The van der Waals surface area contributed by atoms with Gasteiger partial charge in [0.1, 0.15) is 11.6 Å². The van der Waals surface area contributed by atoms with Crippen LogP contribution in [-0.2, 0) is 5.54 Å². The van der Waals surface area contributed by atoms with E-state index in [2.05, 4.69) is 15.9 Å². The van der Waals surface area contributed by atoms with E-state index in [-0.39, 0.29) is 5.56 Å². The smallest absolute Gasteiger partial charge is 0.132 e. The molecule has 14 heavy (non-hydrogen) atoms. The van der Waals surface area contributed by atoms with Gasteiger partial charge < -0.3 is 5.73 Å². The van der Waals surface area contributed by atoms with Crippen LogP contribution in [0, 0.1) is 11.6 Å². The van der Waals surface area contributed by atoms with Gasteiger partial charge in [0.2, 0.25) is 0 Å². The molecule has 1 fully saturated rings. The Labute approximate surface area is 89.4 Å². The molecule has 0 radical (unpaired) electrons. The fourth-order valence-corrected chi connectivity index (χ4v) is 2.23. The van der Waals surface area contributed by atoms with Crippen molar-refractivity contribution < 1.29 is 8.78 Å². The van der Waals surface area contributed by atoms with Crippen molar-refractivity contribution in [2.45, 2.75) is 24.8 Å². The number of halogens is 3. The van der Waals surface area contributed by atoms with Gasteiger partial charge in [-0.2, -0.15) is 0 Å². The van der Waals surface area contributed by atoms with E-state index in [0.29, 0.717) is 17.3 Å². The Kier molecular flexibility index (Phi) is 2.35. The van der Waals surface area contributed by atoms with Gasteiger partial charge >= 0.3 is 0 Å². The van der Waals surface area contributed by atoms with E-state index >= 15 is 0 Å². The first-order valence-corrected chi connectivity index (χ1v) is 5.26. The van der Waals surface area contributed by atoms with Crippen LogP contribution in [0.25, 0.3) is 0 Å². The molecular formula is C10H10BrF2N. The van der Waals surface area contributed by atoms with Gasteiger partial charge in [0.05, 0.1) is 0 Å². The second kappa shape index (κ2) is 3.28. The van der Waals surface area contributed by atoms with E-state index in [0.717, 1.165) is 6.42 Å². The van der Waals surface area contributed by atoms with Crippen LogP contribution in [0.3, 0.4) is 0 Å². The molecular weight excluding hydrogens is 252 g/mol. The van der Waals surface area contributed by atoms with Crippen molar-refractivity contribution in [3.8, 4) is 0 Å². The van der Waals surface area contributed by atoms with Crippen molar-refractivity contribution in [1.29, 1.82) is 0 Å². The molecule has 0 saturated heterocycles. The molecule has 0 heterocycles. The largest absolute Gasteiger partial charge is 0.321 e. The monoisotopic (exact) mass is 261 g/mol. The average molecular weight is 262 g/mol. The number of benzene rings is 1. The Hall–Kier alpha value is -0.480. The lowest BCUT2D eigenvalue weighted by molar-refractivity contribution is 0.236. The summed E-state index contributed by atoms with van der Waals surface area (Å²) in [6, 6.07) is 2.51. The van der Waals surface area contributed by atoms with E-state index < -0.39 is 17.2 Å². The Morgan fingerprint density at radius 1 is 1.21 bits per heavy atom. The standard InChI is InChI=1S/C10H10BrF2N/c11-6-4-7(12)9(8(13)5-6)10(14)2-1-3-10/h4-5H,1-3,14H2. The Bertz CT molecular complexity index is 351. The highest BCUT2D eigenvalue weighted by Crippen LogP contribution is 2.41. The maximum Gasteiger partial charge on any atom is 0.132 e. The molecule has 0 unspecified atom stereocenters. The normalized spacial score (nSPS) is 19.1. The summed E-state index contributed by atoms with van der Waals surface area (Å²) >= 11 is 3.03. The third-order valence-electron chi connectivity index (χ3n) is 2.75.